The van der Waals surface area contributed by atoms with Gasteiger partial charge in [0.05, 0.1) is 19.8 Å². The number of hydrogen-bond donors (Lipinski definition) is 2. The number of rotatable bonds is 10. The molecule has 0 aliphatic rings. The highest BCUT2D eigenvalue weighted by Crippen LogP contribution is 2.15. The Labute approximate surface area is 182 Å². The van der Waals surface area contributed by atoms with Crippen LogP contribution < -0.4 is 20.5 Å². The van der Waals surface area contributed by atoms with Crippen LogP contribution in [0.4, 0.5) is 5.69 Å². The molecule has 0 radical (unpaired) electrons. The Morgan fingerprint density at radius 1 is 0.839 bits per heavy atom. The van der Waals surface area contributed by atoms with Gasteiger partial charge in [0.15, 0.2) is 5.69 Å². The number of amides is 1. The maximum Gasteiger partial charge on any atom is 0.251 e. The molecular weight excluding hydrogens is 390 g/mol. The molecule has 0 aliphatic heterocycles. The van der Waals surface area contributed by atoms with Crippen LogP contribution in [0.15, 0.2) is 72.8 Å². The third-order valence-electron chi connectivity index (χ3n) is 4.62. The topological polar surface area (TPSA) is 77.9 Å². The molecule has 0 aliphatic carbocycles. The summed E-state index contributed by atoms with van der Waals surface area (Å²) in [5, 5.41) is 2.87. The largest absolute Gasteiger partial charge is 0.493 e. The summed E-state index contributed by atoms with van der Waals surface area (Å²) in [5.74, 6) is 1.43. The van der Waals surface area contributed by atoms with Crippen molar-refractivity contribution < 1.29 is 14.3 Å². The van der Waals surface area contributed by atoms with E-state index in [0.717, 1.165) is 29.0 Å². The van der Waals surface area contributed by atoms with Crippen molar-refractivity contribution in [3.05, 3.63) is 101 Å². The van der Waals surface area contributed by atoms with Gasteiger partial charge in [-0.3, -0.25) is 4.79 Å². The highest BCUT2D eigenvalue weighted by atomic mass is 16.5. The van der Waals surface area contributed by atoms with Crippen molar-refractivity contribution in [2.45, 2.75) is 19.5 Å². The number of nitrogens with two attached hydrogens (primary N) is 1. The van der Waals surface area contributed by atoms with Gasteiger partial charge in [-0.15, -0.1) is 0 Å². The quantitative estimate of drug-likeness (QED) is 0.378. The monoisotopic (exact) mass is 415 g/mol. The molecule has 6 heteroatoms. The first-order valence-corrected chi connectivity index (χ1v) is 10.1. The number of hydrogen-bond acceptors (Lipinski definition) is 4. The fourth-order valence-electron chi connectivity index (χ4n) is 2.84. The predicted molar refractivity (Wildman–Crippen MR) is 120 cm³/mol. The van der Waals surface area contributed by atoms with Gasteiger partial charge < -0.3 is 20.5 Å². The van der Waals surface area contributed by atoms with Crippen LogP contribution in [0.1, 0.15) is 27.9 Å². The Bertz CT molecular complexity index is 1010. The van der Waals surface area contributed by atoms with Gasteiger partial charge in [0.25, 0.3) is 5.91 Å². The van der Waals surface area contributed by atoms with E-state index in [0.29, 0.717) is 37.6 Å². The third kappa shape index (κ3) is 6.88. The number of benzene rings is 3. The second kappa shape index (κ2) is 11.4. The van der Waals surface area contributed by atoms with Crippen molar-refractivity contribution in [2.75, 3.05) is 13.2 Å². The number of carbonyl (C=O) groups is 1. The zero-order valence-electron chi connectivity index (χ0n) is 17.2. The minimum absolute atomic E-state index is 0.172. The van der Waals surface area contributed by atoms with Gasteiger partial charge in [0.1, 0.15) is 11.5 Å². The molecule has 0 aromatic heterocycles. The second-order valence-corrected chi connectivity index (χ2v) is 6.88. The van der Waals surface area contributed by atoms with E-state index >= 15 is 0 Å². The number of nitrogens with zero attached hydrogens (tertiary/aromatic N) is 1. The van der Waals surface area contributed by atoms with E-state index in [1.165, 1.54) is 0 Å². The average molecular weight is 415 g/mol. The highest BCUT2D eigenvalue weighted by Gasteiger charge is 2.05. The van der Waals surface area contributed by atoms with Crippen LogP contribution in [-0.4, -0.2) is 19.1 Å². The summed E-state index contributed by atoms with van der Waals surface area (Å²) in [6.07, 6.45) is 0.767. The molecule has 6 nitrogen and oxygen atoms in total. The van der Waals surface area contributed by atoms with Crippen LogP contribution in [0.2, 0.25) is 0 Å². The van der Waals surface area contributed by atoms with Crippen molar-refractivity contribution in [2.24, 2.45) is 5.73 Å². The lowest BCUT2D eigenvalue weighted by Crippen LogP contribution is -2.22. The van der Waals surface area contributed by atoms with Crippen LogP contribution in [0.3, 0.4) is 0 Å². The Kier molecular flexibility index (Phi) is 8.04. The predicted octanol–water partition coefficient (Wildman–Crippen LogP) is 4.47. The summed E-state index contributed by atoms with van der Waals surface area (Å²) in [4.78, 5) is 15.5. The average Bonchev–Trinajstić information content (AvgIpc) is 2.83. The van der Waals surface area contributed by atoms with Gasteiger partial charge >= 0.3 is 0 Å². The summed E-state index contributed by atoms with van der Waals surface area (Å²) in [6, 6.07) is 22.0. The Morgan fingerprint density at radius 2 is 1.39 bits per heavy atom. The lowest BCUT2D eigenvalue weighted by molar-refractivity contribution is 0.0951. The summed E-state index contributed by atoms with van der Waals surface area (Å²) in [6.45, 7) is 9.02. The molecule has 3 rings (SSSR count). The molecule has 0 fully saturated rings. The fraction of sp³-hybridized carbons (Fsp3) is 0.200. The minimum atomic E-state index is -0.172. The maximum absolute atomic E-state index is 12.2. The van der Waals surface area contributed by atoms with Gasteiger partial charge in [0, 0.05) is 25.1 Å². The smallest absolute Gasteiger partial charge is 0.251 e. The van der Waals surface area contributed by atoms with Gasteiger partial charge in [-0.05, 0) is 35.4 Å². The van der Waals surface area contributed by atoms with Gasteiger partial charge in [-0.2, -0.15) is 0 Å². The molecule has 3 aromatic rings. The summed E-state index contributed by atoms with van der Waals surface area (Å²) in [7, 11) is 0. The van der Waals surface area contributed by atoms with Crippen LogP contribution in [-0.2, 0) is 13.1 Å². The van der Waals surface area contributed by atoms with Crippen molar-refractivity contribution in [3.63, 3.8) is 0 Å². The normalized spacial score (nSPS) is 10.2. The minimum Gasteiger partial charge on any atom is -0.493 e. The molecule has 0 heterocycles. The molecule has 3 N–H and O–H groups in total. The summed E-state index contributed by atoms with van der Waals surface area (Å²) in [5.41, 5.74) is 8.68. The fourth-order valence-corrected chi connectivity index (χ4v) is 2.84. The number of nitrogens with one attached hydrogen (secondary N) is 1. The Morgan fingerprint density at radius 3 is 1.90 bits per heavy atom. The van der Waals surface area contributed by atoms with Crippen LogP contribution in [0.5, 0.6) is 11.5 Å². The van der Waals surface area contributed by atoms with E-state index in [1.807, 2.05) is 48.5 Å². The Balaban J connectivity index is 1.35. The SMILES string of the molecule is [C-]#[N+]c1ccc(C(=O)NCc2ccc(OCCCOc3ccc(CN)cc3)cc2)cc1. The van der Waals surface area contributed by atoms with Crippen molar-refractivity contribution in [1.82, 2.24) is 5.32 Å². The lowest BCUT2D eigenvalue weighted by atomic mass is 10.1. The molecule has 0 atom stereocenters. The highest BCUT2D eigenvalue weighted by molar-refractivity contribution is 5.94. The standard InChI is InChI=1S/C25H25N3O3/c1-27-22-9-7-21(8-10-22)25(29)28-18-20-5-13-24(14-6-20)31-16-2-15-30-23-11-3-19(17-26)4-12-23/h3-14H,2,15-18,26H2,(H,28,29). The van der Waals surface area contributed by atoms with E-state index in [-0.39, 0.29) is 5.91 Å². The van der Waals surface area contributed by atoms with E-state index in [1.54, 1.807) is 24.3 Å². The van der Waals surface area contributed by atoms with Crippen molar-refractivity contribution >= 4 is 11.6 Å². The molecule has 31 heavy (non-hydrogen) atoms. The molecule has 3 aromatic carbocycles. The van der Waals surface area contributed by atoms with E-state index in [2.05, 4.69) is 10.2 Å². The number of carbonyl (C=O) groups excluding carboxylic acids is 1. The van der Waals surface area contributed by atoms with Crippen molar-refractivity contribution in [3.8, 4) is 11.5 Å². The zero-order valence-corrected chi connectivity index (χ0v) is 17.2. The molecule has 0 unspecified atom stereocenters. The van der Waals surface area contributed by atoms with Crippen LogP contribution >= 0.6 is 0 Å². The molecule has 0 saturated carbocycles. The van der Waals surface area contributed by atoms with Crippen LogP contribution in [0, 0.1) is 6.57 Å². The molecule has 1 amide bonds. The second-order valence-electron chi connectivity index (χ2n) is 6.88. The third-order valence-corrected chi connectivity index (χ3v) is 4.62. The van der Waals surface area contributed by atoms with Gasteiger partial charge in [0.2, 0.25) is 0 Å². The maximum atomic E-state index is 12.2. The molecule has 0 spiro atoms. The first-order chi connectivity index (χ1) is 15.2. The Hall–Kier alpha value is -3.82. The molecule has 0 saturated heterocycles. The summed E-state index contributed by atoms with van der Waals surface area (Å²) >= 11 is 0. The van der Waals surface area contributed by atoms with E-state index < -0.39 is 0 Å². The number of ether oxygens (including phenoxy) is 2. The summed E-state index contributed by atoms with van der Waals surface area (Å²) < 4.78 is 11.4. The first-order valence-electron chi connectivity index (χ1n) is 10.1. The van der Waals surface area contributed by atoms with Crippen molar-refractivity contribution in [1.29, 1.82) is 0 Å². The van der Waals surface area contributed by atoms with E-state index in [4.69, 9.17) is 21.8 Å². The van der Waals surface area contributed by atoms with Gasteiger partial charge in [-0.25, -0.2) is 4.85 Å². The van der Waals surface area contributed by atoms with Crippen LogP contribution in [0.25, 0.3) is 4.85 Å². The lowest BCUT2D eigenvalue weighted by Gasteiger charge is -2.10. The zero-order chi connectivity index (χ0) is 21.9. The first kappa shape index (κ1) is 21.9. The molecule has 0 bridgehead atoms. The molecular formula is C25H25N3O3. The van der Waals surface area contributed by atoms with Gasteiger partial charge in [-0.1, -0.05) is 48.5 Å². The van der Waals surface area contributed by atoms with E-state index in [9.17, 15) is 4.79 Å². The molecule has 158 valence electrons.